The lowest BCUT2D eigenvalue weighted by Crippen LogP contribution is -2.21. The van der Waals surface area contributed by atoms with Gasteiger partial charge in [0.2, 0.25) is 0 Å². The molecule has 0 aliphatic heterocycles. The molecule has 1 aromatic rings. The van der Waals surface area contributed by atoms with Crippen LogP contribution in [0, 0.1) is 18.8 Å². The summed E-state index contributed by atoms with van der Waals surface area (Å²) in [6, 6.07) is 3.40. The Labute approximate surface area is 140 Å². The third kappa shape index (κ3) is 4.25. The Hall–Kier alpha value is -1.65. The van der Waals surface area contributed by atoms with Gasteiger partial charge in [-0.15, -0.1) is 13.2 Å². The van der Waals surface area contributed by atoms with Crippen molar-refractivity contribution in [2.75, 3.05) is 6.61 Å². The van der Waals surface area contributed by atoms with E-state index < -0.39 is 6.36 Å². The minimum atomic E-state index is -4.73. The van der Waals surface area contributed by atoms with Crippen LogP contribution in [0.5, 0.6) is 11.5 Å². The fourth-order valence-electron chi connectivity index (χ4n) is 2.96. The van der Waals surface area contributed by atoms with Crippen LogP contribution in [0.4, 0.5) is 13.2 Å². The van der Waals surface area contributed by atoms with Crippen molar-refractivity contribution in [2.45, 2.75) is 51.8 Å². The van der Waals surface area contributed by atoms with Gasteiger partial charge < -0.3 is 9.47 Å². The SMILES string of the molecule is Cc1c(/C=C/C2CCC2)ccc(OCC2CCC2)c1OC(F)(F)F. The molecule has 3 rings (SSSR count). The van der Waals surface area contributed by atoms with Crippen LogP contribution in [0.1, 0.15) is 49.7 Å². The van der Waals surface area contributed by atoms with Crippen LogP contribution < -0.4 is 9.47 Å². The number of halogens is 3. The number of hydrogen-bond donors (Lipinski definition) is 0. The van der Waals surface area contributed by atoms with E-state index in [1.807, 2.05) is 12.1 Å². The van der Waals surface area contributed by atoms with Gasteiger partial charge in [-0.3, -0.25) is 0 Å². The zero-order chi connectivity index (χ0) is 17.2. The summed E-state index contributed by atoms with van der Waals surface area (Å²) in [5.74, 6) is 0.961. The third-order valence-corrected chi connectivity index (χ3v) is 5.03. The topological polar surface area (TPSA) is 18.5 Å². The summed E-state index contributed by atoms with van der Waals surface area (Å²) < 4.78 is 48.3. The first-order valence-electron chi connectivity index (χ1n) is 8.63. The summed E-state index contributed by atoms with van der Waals surface area (Å²) in [6.45, 7) is 2.10. The van der Waals surface area contributed by atoms with Crippen molar-refractivity contribution in [3.8, 4) is 11.5 Å². The van der Waals surface area contributed by atoms with E-state index >= 15 is 0 Å². The minimum absolute atomic E-state index is 0.178. The first kappa shape index (κ1) is 17.2. The fourth-order valence-corrected chi connectivity index (χ4v) is 2.96. The molecule has 2 fully saturated rings. The standard InChI is InChI=1S/C19H23F3O2/c1-13-16(9-8-14-4-2-5-14)10-11-17(18(13)24-19(20,21)22)23-12-15-6-3-7-15/h8-11,14-15H,2-7,12H2,1H3/b9-8+. The number of benzene rings is 1. The highest BCUT2D eigenvalue weighted by Crippen LogP contribution is 2.39. The smallest absolute Gasteiger partial charge is 0.489 e. The molecule has 2 nitrogen and oxygen atoms in total. The molecule has 0 spiro atoms. The van der Waals surface area contributed by atoms with Gasteiger partial charge in [-0.05, 0) is 56.1 Å². The molecule has 2 saturated carbocycles. The van der Waals surface area contributed by atoms with Gasteiger partial charge in [0.15, 0.2) is 11.5 Å². The average molecular weight is 340 g/mol. The second-order valence-electron chi connectivity index (χ2n) is 6.81. The molecule has 2 aliphatic rings. The van der Waals surface area contributed by atoms with Crippen molar-refractivity contribution in [3.05, 3.63) is 29.3 Å². The molecule has 0 radical (unpaired) electrons. The second kappa shape index (κ2) is 7.08. The number of rotatable bonds is 6. The highest BCUT2D eigenvalue weighted by molar-refractivity contribution is 5.62. The van der Waals surface area contributed by atoms with Crippen LogP contribution in [-0.4, -0.2) is 13.0 Å². The number of alkyl halides is 3. The van der Waals surface area contributed by atoms with Gasteiger partial charge in [-0.25, -0.2) is 0 Å². The summed E-state index contributed by atoms with van der Waals surface area (Å²) in [5, 5.41) is 0. The second-order valence-corrected chi connectivity index (χ2v) is 6.81. The molecule has 0 bridgehead atoms. The minimum Gasteiger partial charge on any atom is -0.489 e. The molecule has 2 aliphatic carbocycles. The maximum atomic E-state index is 12.8. The Balaban J connectivity index is 1.80. The van der Waals surface area contributed by atoms with E-state index in [9.17, 15) is 13.2 Å². The first-order chi connectivity index (χ1) is 11.4. The Kier molecular flexibility index (Phi) is 5.07. The molecule has 0 amide bonds. The third-order valence-electron chi connectivity index (χ3n) is 5.03. The molecule has 0 heterocycles. The molecule has 0 atom stereocenters. The predicted molar refractivity (Wildman–Crippen MR) is 87.1 cm³/mol. The van der Waals surface area contributed by atoms with Gasteiger partial charge in [-0.1, -0.05) is 31.1 Å². The fraction of sp³-hybridized carbons (Fsp3) is 0.579. The Morgan fingerprint density at radius 3 is 2.38 bits per heavy atom. The van der Waals surface area contributed by atoms with Crippen LogP contribution >= 0.6 is 0 Å². The Bertz CT molecular complexity index is 599. The number of allylic oxidation sites excluding steroid dienone is 1. The van der Waals surface area contributed by atoms with E-state index in [0.29, 0.717) is 24.0 Å². The molecule has 0 saturated heterocycles. The van der Waals surface area contributed by atoms with Gasteiger partial charge >= 0.3 is 6.36 Å². The summed E-state index contributed by atoms with van der Waals surface area (Å²) in [7, 11) is 0. The van der Waals surface area contributed by atoms with Gasteiger partial charge in [-0.2, -0.15) is 0 Å². The molecule has 0 unspecified atom stereocenters. The molecular formula is C19H23F3O2. The molecule has 24 heavy (non-hydrogen) atoms. The molecule has 1 aromatic carbocycles. The van der Waals surface area contributed by atoms with Crippen LogP contribution in [0.3, 0.4) is 0 Å². The summed E-state index contributed by atoms with van der Waals surface area (Å²) in [5.41, 5.74) is 1.21. The quantitative estimate of drug-likeness (QED) is 0.643. The maximum Gasteiger partial charge on any atom is 0.573 e. The van der Waals surface area contributed by atoms with Crippen LogP contribution in [0.15, 0.2) is 18.2 Å². The lowest BCUT2D eigenvalue weighted by molar-refractivity contribution is -0.275. The van der Waals surface area contributed by atoms with E-state index in [1.165, 1.54) is 12.8 Å². The molecule has 0 N–H and O–H groups in total. The molecular weight excluding hydrogens is 317 g/mol. The number of hydrogen-bond acceptors (Lipinski definition) is 2. The van der Waals surface area contributed by atoms with Crippen molar-refractivity contribution < 1.29 is 22.6 Å². The van der Waals surface area contributed by atoms with E-state index in [-0.39, 0.29) is 11.5 Å². The monoisotopic (exact) mass is 340 g/mol. The zero-order valence-corrected chi connectivity index (χ0v) is 13.9. The summed E-state index contributed by atoms with van der Waals surface area (Å²) >= 11 is 0. The highest BCUT2D eigenvalue weighted by Gasteiger charge is 2.34. The van der Waals surface area contributed by atoms with Crippen molar-refractivity contribution >= 4 is 6.08 Å². The van der Waals surface area contributed by atoms with E-state index in [0.717, 1.165) is 31.2 Å². The van der Waals surface area contributed by atoms with Crippen molar-refractivity contribution in [3.63, 3.8) is 0 Å². The van der Waals surface area contributed by atoms with Crippen LogP contribution in [-0.2, 0) is 0 Å². The van der Waals surface area contributed by atoms with E-state index in [1.54, 1.807) is 13.0 Å². The van der Waals surface area contributed by atoms with Gasteiger partial charge in [0, 0.05) is 5.56 Å². The normalized spacial score (nSPS) is 19.2. The van der Waals surface area contributed by atoms with Crippen LogP contribution in [0.2, 0.25) is 0 Å². The zero-order valence-electron chi connectivity index (χ0n) is 13.9. The Morgan fingerprint density at radius 1 is 1.12 bits per heavy atom. The average Bonchev–Trinajstić information content (AvgIpc) is 2.40. The van der Waals surface area contributed by atoms with Crippen molar-refractivity contribution in [2.24, 2.45) is 11.8 Å². The first-order valence-corrected chi connectivity index (χ1v) is 8.63. The Morgan fingerprint density at radius 2 is 1.83 bits per heavy atom. The molecule has 0 aromatic heterocycles. The lowest BCUT2D eigenvalue weighted by atomic mass is 9.85. The molecule has 132 valence electrons. The van der Waals surface area contributed by atoms with Gasteiger partial charge in [0.05, 0.1) is 6.61 Å². The maximum absolute atomic E-state index is 12.8. The van der Waals surface area contributed by atoms with Crippen molar-refractivity contribution in [1.29, 1.82) is 0 Å². The summed E-state index contributed by atoms with van der Waals surface area (Å²) in [4.78, 5) is 0. The van der Waals surface area contributed by atoms with Crippen LogP contribution in [0.25, 0.3) is 6.08 Å². The van der Waals surface area contributed by atoms with Gasteiger partial charge in [0.25, 0.3) is 0 Å². The lowest BCUT2D eigenvalue weighted by Gasteiger charge is -2.26. The van der Waals surface area contributed by atoms with E-state index in [2.05, 4.69) is 10.8 Å². The highest BCUT2D eigenvalue weighted by atomic mass is 19.4. The summed E-state index contributed by atoms with van der Waals surface area (Å²) in [6.07, 6.45) is 6.13. The van der Waals surface area contributed by atoms with Gasteiger partial charge in [0.1, 0.15) is 0 Å². The predicted octanol–water partition coefficient (Wildman–Crippen LogP) is 5.89. The van der Waals surface area contributed by atoms with Crippen molar-refractivity contribution in [1.82, 2.24) is 0 Å². The van der Waals surface area contributed by atoms with E-state index in [4.69, 9.17) is 4.74 Å². The number of ether oxygens (including phenoxy) is 2. The molecule has 5 heteroatoms. The largest absolute Gasteiger partial charge is 0.573 e.